The van der Waals surface area contributed by atoms with Gasteiger partial charge in [0.25, 0.3) is 16.8 Å². The number of carbonyl (C=O) groups is 2. The Morgan fingerprint density at radius 3 is 2.38 bits per heavy atom. The minimum atomic E-state index is -0.444. The molecule has 29 heavy (non-hydrogen) atoms. The Hall–Kier alpha value is -3.13. The molecule has 0 radical (unpaired) electrons. The Kier molecular flexibility index (Phi) is 6.33. The third-order valence-electron chi connectivity index (χ3n) is 4.59. The number of amides is 2. The predicted molar refractivity (Wildman–Crippen MR) is 111 cm³/mol. The lowest BCUT2D eigenvalue weighted by Gasteiger charge is -2.19. The van der Waals surface area contributed by atoms with Crippen LogP contribution in [-0.4, -0.2) is 27.0 Å². The van der Waals surface area contributed by atoms with E-state index in [-0.39, 0.29) is 29.5 Å². The average molecular weight is 412 g/mol. The Morgan fingerprint density at radius 1 is 1.14 bits per heavy atom. The van der Waals surface area contributed by atoms with Gasteiger partial charge in [0.1, 0.15) is 12.4 Å². The molecule has 0 N–H and O–H groups in total. The summed E-state index contributed by atoms with van der Waals surface area (Å²) in [7, 11) is 0. The second-order valence-corrected chi connectivity index (χ2v) is 7.58. The number of ether oxygens (including phenoxy) is 1. The van der Waals surface area contributed by atoms with E-state index in [1.165, 1.54) is 17.0 Å². The molecule has 2 aromatic carbocycles. The topological polar surface area (TPSA) is 89.8 Å². The number of rotatable bonds is 7. The summed E-state index contributed by atoms with van der Waals surface area (Å²) in [5.74, 6) is 0.376. The third-order valence-corrected chi connectivity index (χ3v) is 5.47. The molecule has 0 spiro atoms. The van der Waals surface area contributed by atoms with Crippen LogP contribution in [0.15, 0.2) is 53.4 Å². The maximum absolute atomic E-state index is 12.5. The van der Waals surface area contributed by atoms with Crippen molar-refractivity contribution in [2.75, 3.05) is 0 Å². The van der Waals surface area contributed by atoms with Crippen LogP contribution in [0.5, 0.6) is 5.75 Å². The van der Waals surface area contributed by atoms with Gasteiger partial charge in [0.05, 0.1) is 9.83 Å². The second kappa shape index (κ2) is 8.91. The highest BCUT2D eigenvalue weighted by atomic mass is 32.2. The van der Waals surface area contributed by atoms with Crippen LogP contribution in [0.3, 0.4) is 0 Å². The zero-order chi connectivity index (χ0) is 21.0. The number of imide groups is 1. The number of hydrogen-bond acceptors (Lipinski definition) is 6. The molecule has 1 aliphatic heterocycles. The monoisotopic (exact) mass is 412 g/mol. The van der Waals surface area contributed by atoms with Crippen LogP contribution in [0.1, 0.15) is 31.4 Å². The molecular weight excluding hydrogens is 392 g/mol. The highest BCUT2D eigenvalue weighted by Gasteiger charge is 2.37. The fourth-order valence-corrected chi connectivity index (χ4v) is 3.66. The van der Waals surface area contributed by atoms with E-state index in [0.717, 1.165) is 22.9 Å². The quantitative estimate of drug-likeness (QED) is 0.361. The SMILES string of the molecule is CC[C@H](C)N1C(=O)S/C(=C/c2ccc(OCc3ccc([N+](=O)[O-])cc3)cc2)C1=O. The molecule has 1 heterocycles. The first-order valence-electron chi connectivity index (χ1n) is 9.12. The number of nitro groups is 1. The predicted octanol–water partition coefficient (Wildman–Crippen LogP) is 5.01. The number of carbonyl (C=O) groups excluding carboxylic acids is 2. The Morgan fingerprint density at radius 2 is 1.79 bits per heavy atom. The van der Waals surface area contributed by atoms with Gasteiger partial charge in [-0.05, 0) is 66.6 Å². The zero-order valence-electron chi connectivity index (χ0n) is 16.0. The first-order chi connectivity index (χ1) is 13.9. The van der Waals surface area contributed by atoms with Crippen LogP contribution in [0.4, 0.5) is 10.5 Å². The van der Waals surface area contributed by atoms with Gasteiger partial charge in [-0.15, -0.1) is 0 Å². The number of nitrogens with zero attached hydrogens (tertiary/aromatic N) is 2. The van der Waals surface area contributed by atoms with Gasteiger partial charge in [-0.25, -0.2) is 0 Å². The molecule has 0 unspecified atom stereocenters. The standard InChI is InChI=1S/C21H20N2O5S/c1-3-14(2)22-20(24)19(29-21(22)25)12-15-6-10-18(11-7-15)28-13-16-4-8-17(9-5-16)23(26)27/h4-12,14H,3,13H2,1-2H3/b19-12+/t14-/m0/s1. The van der Waals surface area contributed by atoms with Gasteiger partial charge >= 0.3 is 0 Å². The minimum Gasteiger partial charge on any atom is -0.489 e. The lowest BCUT2D eigenvalue weighted by molar-refractivity contribution is -0.384. The molecule has 1 saturated heterocycles. The number of nitro benzene ring substituents is 1. The van der Waals surface area contributed by atoms with Crippen molar-refractivity contribution >= 4 is 34.7 Å². The maximum Gasteiger partial charge on any atom is 0.293 e. The number of non-ortho nitro benzene ring substituents is 1. The number of thioether (sulfide) groups is 1. The van der Waals surface area contributed by atoms with Gasteiger partial charge in [-0.1, -0.05) is 19.1 Å². The van der Waals surface area contributed by atoms with E-state index in [2.05, 4.69) is 0 Å². The molecule has 0 aliphatic carbocycles. The fourth-order valence-electron chi connectivity index (χ4n) is 2.73. The van der Waals surface area contributed by atoms with Crippen molar-refractivity contribution in [3.8, 4) is 5.75 Å². The lowest BCUT2D eigenvalue weighted by atomic mass is 10.2. The summed E-state index contributed by atoms with van der Waals surface area (Å²) in [4.78, 5) is 36.5. The smallest absolute Gasteiger partial charge is 0.293 e. The summed E-state index contributed by atoms with van der Waals surface area (Å²) in [6.45, 7) is 4.08. The van der Waals surface area contributed by atoms with Crippen molar-refractivity contribution in [3.63, 3.8) is 0 Å². The van der Waals surface area contributed by atoms with Crippen LogP contribution in [0, 0.1) is 10.1 Å². The second-order valence-electron chi connectivity index (χ2n) is 6.59. The molecule has 7 nitrogen and oxygen atoms in total. The van der Waals surface area contributed by atoms with E-state index in [9.17, 15) is 19.7 Å². The van der Waals surface area contributed by atoms with Gasteiger partial charge in [0.15, 0.2) is 0 Å². The van der Waals surface area contributed by atoms with Crippen LogP contribution >= 0.6 is 11.8 Å². The first kappa shape index (κ1) is 20.6. The van der Waals surface area contributed by atoms with Gasteiger partial charge < -0.3 is 4.74 Å². The normalized spacial score (nSPS) is 16.3. The molecule has 0 aromatic heterocycles. The Bertz CT molecular complexity index is 954. The molecular formula is C21H20N2O5S. The number of hydrogen-bond donors (Lipinski definition) is 0. The lowest BCUT2D eigenvalue weighted by Crippen LogP contribution is -2.36. The summed E-state index contributed by atoms with van der Waals surface area (Å²) < 4.78 is 5.69. The summed E-state index contributed by atoms with van der Waals surface area (Å²) in [6.07, 6.45) is 2.42. The molecule has 2 aromatic rings. The molecule has 1 atom stereocenters. The molecule has 0 bridgehead atoms. The van der Waals surface area contributed by atoms with Crippen molar-refractivity contribution < 1.29 is 19.2 Å². The molecule has 150 valence electrons. The first-order valence-corrected chi connectivity index (χ1v) is 9.94. The molecule has 8 heteroatoms. The molecule has 3 rings (SSSR count). The van der Waals surface area contributed by atoms with Gasteiger partial charge in [-0.3, -0.25) is 24.6 Å². The molecule has 0 saturated carbocycles. The summed E-state index contributed by atoms with van der Waals surface area (Å²) in [5.41, 5.74) is 1.65. The zero-order valence-corrected chi connectivity index (χ0v) is 16.8. The minimum absolute atomic E-state index is 0.0378. The summed E-state index contributed by atoms with van der Waals surface area (Å²) in [6, 6.07) is 13.2. The van der Waals surface area contributed by atoms with Crippen LogP contribution < -0.4 is 4.74 Å². The van der Waals surface area contributed by atoms with E-state index < -0.39 is 4.92 Å². The molecule has 1 fully saturated rings. The van der Waals surface area contributed by atoms with E-state index >= 15 is 0 Å². The molecule has 2 amide bonds. The Balaban J connectivity index is 1.63. The van der Waals surface area contributed by atoms with E-state index in [1.807, 2.05) is 26.0 Å². The van der Waals surface area contributed by atoms with Gasteiger partial charge in [-0.2, -0.15) is 0 Å². The summed E-state index contributed by atoms with van der Waals surface area (Å²) in [5, 5.41) is 10.4. The third kappa shape index (κ3) is 4.83. The van der Waals surface area contributed by atoms with Crippen molar-refractivity contribution in [2.24, 2.45) is 0 Å². The van der Waals surface area contributed by atoms with Crippen LogP contribution in [-0.2, 0) is 11.4 Å². The van der Waals surface area contributed by atoms with E-state index in [4.69, 9.17) is 4.74 Å². The van der Waals surface area contributed by atoms with E-state index in [1.54, 1.807) is 30.3 Å². The fraction of sp³-hybridized carbons (Fsp3) is 0.238. The average Bonchev–Trinajstić information content (AvgIpc) is 3.00. The van der Waals surface area contributed by atoms with Crippen molar-refractivity contribution in [1.29, 1.82) is 0 Å². The highest BCUT2D eigenvalue weighted by molar-refractivity contribution is 8.18. The number of benzene rings is 2. The maximum atomic E-state index is 12.5. The summed E-state index contributed by atoms with van der Waals surface area (Å²) >= 11 is 0.955. The largest absolute Gasteiger partial charge is 0.489 e. The van der Waals surface area contributed by atoms with E-state index in [0.29, 0.717) is 17.1 Å². The van der Waals surface area contributed by atoms with Crippen molar-refractivity contribution in [1.82, 2.24) is 4.90 Å². The van der Waals surface area contributed by atoms with Crippen LogP contribution in [0.2, 0.25) is 0 Å². The van der Waals surface area contributed by atoms with Crippen molar-refractivity contribution in [2.45, 2.75) is 32.9 Å². The van der Waals surface area contributed by atoms with Crippen LogP contribution in [0.25, 0.3) is 6.08 Å². The van der Waals surface area contributed by atoms with Gasteiger partial charge in [0.2, 0.25) is 0 Å². The highest BCUT2D eigenvalue weighted by Crippen LogP contribution is 2.34. The van der Waals surface area contributed by atoms with Crippen molar-refractivity contribution in [3.05, 3.63) is 74.7 Å². The molecule has 1 aliphatic rings. The Labute approximate surface area is 172 Å². The van der Waals surface area contributed by atoms with Gasteiger partial charge in [0, 0.05) is 18.2 Å².